The van der Waals surface area contributed by atoms with Gasteiger partial charge >= 0.3 is 10.1 Å². The first kappa shape index (κ1) is 9.35. The molecule has 1 rings (SSSR count). The molecule has 0 fully saturated rings. The average Bonchev–Trinajstić information content (AvgIpc) is 1.82. The highest BCUT2D eigenvalue weighted by Gasteiger charge is 2.03. The van der Waals surface area contributed by atoms with Gasteiger partial charge in [-0.1, -0.05) is 11.6 Å². The first-order valence-electron chi connectivity index (χ1n) is 3.04. The third-order valence-electron chi connectivity index (χ3n) is 0.978. The molecule has 0 heterocycles. The van der Waals surface area contributed by atoms with Gasteiger partial charge < -0.3 is 4.18 Å². The summed E-state index contributed by atoms with van der Waals surface area (Å²) in [5, 5.41) is 0.410. The van der Waals surface area contributed by atoms with Gasteiger partial charge in [-0.15, -0.1) is 0 Å². The summed E-state index contributed by atoms with van der Waals surface area (Å²) >= 11 is 5.58. The summed E-state index contributed by atoms with van der Waals surface area (Å²) in [4.78, 5) is 0. The fraction of sp³-hybridized carbons (Fsp3) is 0.143. The van der Waals surface area contributed by atoms with E-state index in [1.54, 1.807) is 6.07 Å². The van der Waals surface area contributed by atoms with Crippen molar-refractivity contribution in [2.75, 3.05) is 6.26 Å². The van der Waals surface area contributed by atoms with Crippen molar-refractivity contribution in [1.82, 2.24) is 0 Å². The second kappa shape index (κ2) is 3.33. The number of rotatable bonds is 2. The van der Waals surface area contributed by atoms with E-state index in [0.717, 1.165) is 6.26 Å². The van der Waals surface area contributed by atoms with E-state index in [1.807, 2.05) is 0 Å². The monoisotopic (exact) mass is 205 g/mol. The lowest BCUT2D eigenvalue weighted by atomic mass is 10.3. The van der Waals surface area contributed by atoms with Crippen LogP contribution >= 0.6 is 11.6 Å². The third-order valence-corrected chi connectivity index (χ3v) is 1.70. The predicted molar refractivity (Wildman–Crippen MR) is 45.8 cm³/mol. The molecular formula is C7H6ClO3S. The van der Waals surface area contributed by atoms with Gasteiger partial charge in [0.15, 0.2) is 5.75 Å². The Bertz CT molecular complexity index is 372. The molecule has 5 heteroatoms. The van der Waals surface area contributed by atoms with Crippen molar-refractivity contribution in [2.24, 2.45) is 0 Å². The highest BCUT2D eigenvalue weighted by Crippen LogP contribution is 2.17. The quantitative estimate of drug-likeness (QED) is 0.687. The Morgan fingerprint density at radius 2 is 2.25 bits per heavy atom. The molecule has 0 unspecified atom stereocenters. The zero-order valence-corrected chi connectivity index (χ0v) is 7.82. The van der Waals surface area contributed by atoms with Crippen LogP contribution < -0.4 is 4.18 Å². The summed E-state index contributed by atoms with van der Waals surface area (Å²) in [5.74, 6) is 0.102. The summed E-state index contributed by atoms with van der Waals surface area (Å²) in [6.45, 7) is 0. The SMILES string of the molecule is CS(=O)(=O)Oc1[c]ccc(Cl)c1. The van der Waals surface area contributed by atoms with Crippen molar-refractivity contribution in [3.63, 3.8) is 0 Å². The van der Waals surface area contributed by atoms with Crippen LogP contribution in [0.15, 0.2) is 18.2 Å². The third kappa shape index (κ3) is 3.11. The lowest BCUT2D eigenvalue weighted by Crippen LogP contribution is -2.05. The number of halogens is 1. The van der Waals surface area contributed by atoms with Crippen LogP contribution in [0.3, 0.4) is 0 Å². The molecule has 0 atom stereocenters. The van der Waals surface area contributed by atoms with Crippen LogP contribution in [0.5, 0.6) is 5.75 Å². The Morgan fingerprint density at radius 1 is 1.58 bits per heavy atom. The van der Waals surface area contributed by atoms with Gasteiger partial charge in [-0.25, -0.2) is 0 Å². The van der Waals surface area contributed by atoms with E-state index in [4.69, 9.17) is 11.6 Å². The molecule has 0 aliphatic heterocycles. The van der Waals surface area contributed by atoms with E-state index in [1.165, 1.54) is 12.1 Å². The minimum atomic E-state index is -3.48. The maximum Gasteiger partial charge on any atom is 0.306 e. The Hall–Kier alpha value is -0.740. The summed E-state index contributed by atoms with van der Waals surface area (Å²) in [7, 11) is -3.48. The zero-order chi connectivity index (χ0) is 9.19. The molecule has 3 nitrogen and oxygen atoms in total. The summed E-state index contributed by atoms with van der Waals surface area (Å²) in [5.41, 5.74) is 0. The van der Waals surface area contributed by atoms with Gasteiger partial charge in [0.05, 0.1) is 6.26 Å². The minimum Gasteiger partial charge on any atom is -0.382 e. The fourth-order valence-electron chi connectivity index (χ4n) is 0.630. The lowest BCUT2D eigenvalue weighted by Gasteiger charge is -2.00. The molecule has 0 amide bonds. The predicted octanol–water partition coefficient (Wildman–Crippen LogP) is 1.48. The van der Waals surface area contributed by atoms with Crippen LogP contribution in [-0.4, -0.2) is 14.7 Å². The first-order chi connectivity index (χ1) is 5.47. The van der Waals surface area contributed by atoms with Crippen molar-refractivity contribution in [3.8, 4) is 5.75 Å². The second-order valence-corrected chi connectivity index (χ2v) is 4.17. The first-order valence-corrected chi connectivity index (χ1v) is 5.23. The summed E-state index contributed by atoms with van der Waals surface area (Å²) < 4.78 is 25.8. The Kier molecular flexibility index (Phi) is 2.59. The van der Waals surface area contributed by atoms with Gasteiger partial charge in [0.25, 0.3) is 0 Å². The van der Waals surface area contributed by atoms with Gasteiger partial charge in [-0.3, -0.25) is 0 Å². The summed E-state index contributed by atoms with van der Waals surface area (Å²) in [6.07, 6.45) is 0.960. The molecule has 0 saturated carbocycles. The molecule has 65 valence electrons. The van der Waals surface area contributed by atoms with Crippen molar-refractivity contribution in [1.29, 1.82) is 0 Å². The number of hydrogen-bond acceptors (Lipinski definition) is 3. The van der Waals surface area contributed by atoms with E-state index in [9.17, 15) is 8.42 Å². The van der Waals surface area contributed by atoms with E-state index < -0.39 is 10.1 Å². The Labute approximate surface area is 76.0 Å². The molecular weight excluding hydrogens is 200 g/mol. The molecule has 0 aliphatic rings. The molecule has 0 aromatic heterocycles. The molecule has 0 N–H and O–H groups in total. The lowest BCUT2D eigenvalue weighted by molar-refractivity contribution is 0.492. The van der Waals surface area contributed by atoms with Crippen LogP contribution in [0.2, 0.25) is 5.02 Å². The Morgan fingerprint density at radius 3 is 2.75 bits per heavy atom. The highest BCUT2D eigenvalue weighted by atomic mass is 35.5. The van der Waals surface area contributed by atoms with Crippen LogP contribution in [0.4, 0.5) is 0 Å². The largest absolute Gasteiger partial charge is 0.382 e. The minimum absolute atomic E-state index is 0.102. The molecule has 1 aromatic rings. The molecule has 12 heavy (non-hydrogen) atoms. The Balaban J connectivity index is 2.91. The fourth-order valence-corrected chi connectivity index (χ4v) is 1.21. The van der Waals surface area contributed by atoms with Crippen LogP contribution in [0.1, 0.15) is 0 Å². The van der Waals surface area contributed by atoms with Gasteiger partial charge in [-0.2, -0.15) is 8.42 Å². The zero-order valence-electron chi connectivity index (χ0n) is 6.24. The summed E-state index contributed by atoms with van der Waals surface area (Å²) in [6, 6.07) is 7.03. The van der Waals surface area contributed by atoms with Crippen LogP contribution in [0, 0.1) is 6.07 Å². The molecule has 0 spiro atoms. The van der Waals surface area contributed by atoms with Crippen LogP contribution in [-0.2, 0) is 10.1 Å². The maximum atomic E-state index is 10.6. The normalized spacial score (nSPS) is 11.2. The van der Waals surface area contributed by atoms with Crippen molar-refractivity contribution < 1.29 is 12.6 Å². The second-order valence-electron chi connectivity index (χ2n) is 2.16. The molecule has 0 saturated heterocycles. The molecule has 0 aliphatic carbocycles. The van der Waals surface area contributed by atoms with Gasteiger partial charge in [0, 0.05) is 17.2 Å². The van der Waals surface area contributed by atoms with Crippen molar-refractivity contribution in [3.05, 3.63) is 29.3 Å². The topological polar surface area (TPSA) is 43.4 Å². The van der Waals surface area contributed by atoms with E-state index in [0.29, 0.717) is 5.02 Å². The molecule has 1 radical (unpaired) electrons. The van der Waals surface area contributed by atoms with E-state index >= 15 is 0 Å². The van der Waals surface area contributed by atoms with Gasteiger partial charge in [0.2, 0.25) is 0 Å². The van der Waals surface area contributed by atoms with E-state index in [-0.39, 0.29) is 5.75 Å². The smallest absolute Gasteiger partial charge is 0.306 e. The standard InChI is InChI=1S/C7H6ClO3S/c1-12(9,10)11-7-4-2-3-6(8)5-7/h2-3,5H,1H3. The van der Waals surface area contributed by atoms with Gasteiger partial charge in [-0.05, 0) is 12.1 Å². The highest BCUT2D eigenvalue weighted by molar-refractivity contribution is 7.86. The number of hydrogen-bond donors (Lipinski definition) is 0. The van der Waals surface area contributed by atoms with Crippen molar-refractivity contribution >= 4 is 21.7 Å². The van der Waals surface area contributed by atoms with Gasteiger partial charge in [0.1, 0.15) is 0 Å². The van der Waals surface area contributed by atoms with Crippen molar-refractivity contribution in [2.45, 2.75) is 0 Å². The average molecular weight is 206 g/mol. The molecule has 0 bridgehead atoms. The van der Waals surface area contributed by atoms with E-state index in [2.05, 4.69) is 10.2 Å². The molecule has 1 aromatic carbocycles. The number of benzene rings is 1. The maximum absolute atomic E-state index is 10.6. The van der Waals surface area contributed by atoms with Crippen LogP contribution in [0.25, 0.3) is 0 Å².